The van der Waals surface area contributed by atoms with Crippen molar-refractivity contribution in [2.24, 2.45) is 0 Å². The minimum absolute atomic E-state index is 0. The smallest absolute Gasteiger partial charge is 0 e. The second-order valence-corrected chi connectivity index (χ2v) is 0. The Labute approximate surface area is 89.5 Å². The molecule has 0 atom stereocenters. The van der Waals surface area contributed by atoms with Crippen LogP contribution in [-0.2, 0) is 63.7 Å². The molecule has 0 aliphatic rings. The Morgan fingerprint density at radius 2 is 1.00 bits per heavy atom. The van der Waals surface area contributed by atoms with E-state index in [0.29, 0.717) is 0 Å². The minimum Gasteiger partial charge on any atom is -0.0776 e. The van der Waals surface area contributed by atoms with Crippen LogP contribution in [0.1, 0.15) is 7.43 Å². The third-order valence-corrected chi connectivity index (χ3v) is 0. The van der Waals surface area contributed by atoms with Crippen molar-refractivity contribution in [1.82, 2.24) is 0 Å². The van der Waals surface area contributed by atoms with Crippen LogP contribution in [-0.4, -0.2) is 19.4 Å². The Morgan fingerprint density at radius 1 is 1.00 bits per heavy atom. The summed E-state index contributed by atoms with van der Waals surface area (Å²) in [7, 11) is 0. The molecule has 0 aliphatic carbocycles. The number of rotatable bonds is 0. The third-order valence-electron chi connectivity index (χ3n) is 0. The van der Waals surface area contributed by atoms with Gasteiger partial charge in [-0.1, -0.05) is 7.43 Å². The van der Waals surface area contributed by atoms with Crippen LogP contribution in [0.4, 0.5) is 0 Å². The summed E-state index contributed by atoms with van der Waals surface area (Å²) in [5, 5.41) is 0. The quantitative estimate of drug-likeness (QED) is 0.508. The van der Waals surface area contributed by atoms with Crippen molar-refractivity contribution in [3.63, 3.8) is 0 Å². The van der Waals surface area contributed by atoms with Crippen LogP contribution in [0, 0.1) is 0 Å². The van der Waals surface area contributed by atoms with Gasteiger partial charge in [0.25, 0.3) is 0 Å². The summed E-state index contributed by atoms with van der Waals surface area (Å²) in [6.45, 7) is 0. The van der Waals surface area contributed by atoms with Crippen LogP contribution in [0.25, 0.3) is 0 Å². The van der Waals surface area contributed by atoms with Gasteiger partial charge in [0.2, 0.25) is 0 Å². The SMILES string of the molecule is C.[B].[Mn].[Re].[Si].[Zr]. The van der Waals surface area contributed by atoms with E-state index >= 15 is 0 Å². The largest absolute Gasteiger partial charge is 0.0776 e. The van der Waals surface area contributed by atoms with Gasteiger partial charge in [0, 0.05) is 83.1 Å². The Balaban J connectivity index is 0. The Morgan fingerprint density at radius 3 is 1.00 bits per heavy atom. The van der Waals surface area contributed by atoms with Crippen molar-refractivity contribution in [1.29, 1.82) is 0 Å². The molecular formula is CH4BMnReSiZr. The first-order chi connectivity index (χ1) is 0. The molecule has 0 nitrogen and oxygen atoms in total. The van der Waals surface area contributed by atoms with Crippen molar-refractivity contribution in [3.05, 3.63) is 0 Å². The molecule has 0 saturated heterocycles. The van der Waals surface area contributed by atoms with Crippen molar-refractivity contribution in [2.75, 3.05) is 0 Å². The predicted octanol–water partition coefficient (Wildman–Crippen LogP) is -0.133. The molecule has 0 aromatic rings. The molecule has 0 rings (SSSR count). The summed E-state index contributed by atoms with van der Waals surface area (Å²) in [4.78, 5) is 0. The van der Waals surface area contributed by atoms with Gasteiger partial charge in [-0.15, -0.1) is 0 Å². The molecule has 0 aromatic heterocycles. The summed E-state index contributed by atoms with van der Waals surface area (Å²) in [6, 6.07) is 0. The van der Waals surface area contributed by atoms with Crippen LogP contribution in [0.3, 0.4) is 0 Å². The van der Waals surface area contributed by atoms with Crippen LogP contribution in [0.5, 0.6) is 0 Å². The van der Waals surface area contributed by atoms with Gasteiger partial charge < -0.3 is 0 Å². The van der Waals surface area contributed by atoms with E-state index in [1.165, 1.54) is 0 Å². The van der Waals surface area contributed by atoms with Crippen LogP contribution >= 0.6 is 0 Å². The molecule has 9 radical (unpaired) electrons. The normalized spacial score (nSPS) is 0. The molecule has 33 valence electrons. The maximum Gasteiger partial charge on any atom is 0 e. The van der Waals surface area contributed by atoms with E-state index in [9.17, 15) is 0 Å². The predicted molar refractivity (Wildman–Crippen MR) is 18.2 cm³/mol. The average Bonchev–Trinajstić information content (AvgIpc) is 0. The first kappa shape index (κ1) is 81.8. The van der Waals surface area contributed by atoms with Crippen molar-refractivity contribution in [3.8, 4) is 0 Å². The maximum absolute atomic E-state index is 0. The number of hydrogen-bond acceptors (Lipinski definition) is 0. The Kier molecular flexibility index (Phi) is 733. The van der Waals surface area contributed by atoms with Crippen molar-refractivity contribution < 1.29 is 63.7 Å². The molecule has 0 heterocycles. The zero-order valence-corrected chi connectivity index (χ0v) is 9.69. The maximum atomic E-state index is 0. The Bertz CT molecular complexity index is 15.5. The first-order valence-electron chi connectivity index (χ1n) is 0. The zero-order valence-electron chi connectivity index (χ0n) is 2.33. The summed E-state index contributed by atoms with van der Waals surface area (Å²) in [6.07, 6.45) is 0. The van der Waals surface area contributed by atoms with Gasteiger partial charge in [0.05, 0.1) is 0 Å². The van der Waals surface area contributed by atoms with Gasteiger partial charge in [-0.3, -0.25) is 0 Å². The van der Waals surface area contributed by atoms with Gasteiger partial charge in [-0.05, 0) is 0 Å². The van der Waals surface area contributed by atoms with Crippen LogP contribution in [0.15, 0.2) is 0 Å². The molecule has 0 amide bonds. The van der Waals surface area contributed by atoms with Gasteiger partial charge in [0.1, 0.15) is 0 Å². The number of hydrogen-bond donors (Lipinski definition) is 0. The fourth-order valence-electron chi connectivity index (χ4n) is 0. The second-order valence-electron chi connectivity index (χ2n) is 0. The van der Waals surface area contributed by atoms with E-state index < -0.39 is 0 Å². The van der Waals surface area contributed by atoms with Gasteiger partial charge in [0.15, 0.2) is 0 Å². The molecule has 0 N–H and O–H groups in total. The molecule has 0 spiro atoms. The van der Waals surface area contributed by atoms with Gasteiger partial charge in [-0.2, -0.15) is 0 Å². The average molecular weight is 387 g/mol. The van der Waals surface area contributed by atoms with E-state index in [4.69, 9.17) is 0 Å². The van der Waals surface area contributed by atoms with E-state index in [2.05, 4.69) is 0 Å². The summed E-state index contributed by atoms with van der Waals surface area (Å²) in [5.41, 5.74) is 0. The monoisotopic (exact) mass is 387 g/mol. The molecule has 5 heteroatoms. The fraction of sp³-hybridized carbons (Fsp3) is 1.00. The van der Waals surface area contributed by atoms with Gasteiger partial charge in [-0.25, -0.2) is 0 Å². The molecule has 0 unspecified atom stereocenters. The van der Waals surface area contributed by atoms with Crippen molar-refractivity contribution in [2.45, 2.75) is 7.43 Å². The second kappa shape index (κ2) is 53.7. The third kappa shape index (κ3) is 32.9. The summed E-state index contributed by atoms with van der Waals surface area (Å²) in [5.74, 6) is 0. The van der Waals surface area contributed by atoms with E-state index in [1.54, 1.807) is 0 Å². The fourth-order valence-corrected chi connectivity index (χ4v) is 0. The van der Waals surface area contributed by atoms with Crippen LogP contribution in [0.2, 0.25) is 0 Å². The standard InChI is InChI=1S/CH4.B.Mn.Re.Si.Zr/h1H4;;;;;. The molecule has 6 heavy (non-hydrogen) atoms. The Hall–Kier alpha value is 2.35. The van der Waals surface area contributed by atoms with Gasteiger partial charge >= 0.3 is 0 Å². The first-order valence-corrected chi connectivity index (χ1v) is 0. The minimum atomic E-state index is 0. The zero-order chi connectivity index (χ0) is 0. The molecule has 0 aromatic carbocycles. The van der Waals surface area contributed by atoms with E-state index in [-0.39, 0.29) is 90.5 Å². The van der Waals surface area contributed by atoms with E-state index in [1.807, 2.05) is 0 Å². The molecule has 0 saturated carbocycles. The summed E-state index contributed by atoms with van der Waals surface area (Å²) < 4.78 is 0. The van der Waals surface area contributed by atoms with Crippen molar-refractivity contribution >= 4 is 19.4 Å². The molecule has 0 bridgehead atoms. The molecule has 0 fully saturated rings. The summed E-state index contributed by atoms with van der Waals surface area (Å²) >= 11 is 0. The van der Waals surface area contributed by atoms with Crippen LogP contribution < -0.4 is 0 Å². The molecular weight excluding hydrogens is 383 g/mol. The van der Waals surface area contributed by atoms with E-state index in [0.717, 1.165) is 0 Å². The topological polar surface area (TPSA) is 0 Å². The molecule has 0 aliphatic heterocycles.